The number of amides is 4. The molecule has 0 rings (SSSR count). The highest BCUT2D eigenvalue weighted by molar-refractivity contribution is 5.95. The molecule has 176 valence electrons. The molecule has 0 aliphatic heterocycles. The third-order valence-electron chi connectivity index (χ3n) is 3.90. The minimum atomic E-state index is -1.73. The molecule has 0 heterocycles. The van der Waals surface area contributed by atoms with Crippen LogP contribution in [0.4, 0.5) is 0 Å². The molecule has 0 aliphatic rings. The summed E-state index contributed by atoms with van der Waals surface area (Å²) in [6.07, 6.45) is -3.04. The Morgan fingerprint density at radius 1 is 0.903 bits per heavy atom. The molecule has 0 aromatic heterocycles. The van der Waals surface area contributed by atoms with Crippen LogP contribution in [0.1, 0.15) is 26.2 Å². The van der Waals surface area contributed by atoms with Crippen molar-refractivity contribution < 1.29 is 49.2 Å². The summed E-state index contributed by atoms with van der Waals surface area (Å²) in [6, 6.07) is -6.35. The van der Waals surface area contributed by atoms with Crippen LogP contribution in [-0.2, 0) is 28.8 Å². The summed E-state index contributed by atoms with van der Waals surface area (Å²) in [7, 11) is 0. The molecule has 0 fully saturated rings. The van der Waals surface area contributed by atoms with Gasteiger partial charge < -0.3 is 47.8 Å². The summed E-state index contributed by atoms with van der Waals surface area (Å²) in [4.78, 5) is 69.4. The van der Waals surface area contributed by atoms with Gasteiger partial charge in [0, 0.05) is 6.42 Å². The molecule has 0 saturated heterocycles. The highest BCUT2D eigenvalue weighted by Crippen LogP contribution is 2.02. The fraction of sp³-hybridized carbons (Fsp3) is 0.625. The van der Waals surface area contributed by atoms with Crippen molar-refractivity contribution in [3.8, 4) is 0 Å². The number of hydrogen-bond donors (Lipinski definition) is 9. The highest BCUT2D eigenvalue weighted by atomic mass is 16.4. The van der Waals surface area contributed by atoms with Gasteiger partial charge in [-0.05, 0) is 13.3 Å². The van der Waals surface area contributed by atoms with Gasteiger partial charge in [0.25, 0.3) is 0 Å². The Morgan fingerprint density at radius 3 is 1.84 bits per heavy atom. The first-order valence-corrected chi connectivity index (χ1v) is 8.98. The number of aliphatic hydroxyl groups excluding tert-OH is 2. The molecule has 0 radical (unpaired) electrons. The van der Waals surface area contributed by atoms with E-state index in [2.05, 4.69) is 5.32 Å². The van der Waals surface area contributed by atoms with Crippen LogP contribution in [0.5, 0.6) is 0 Å². The predicted molar refractivity (Wildman–Crippen MR) is 101 cm³/mol. The molecule has 4 amide bonds. The van der Waals surface area contributed by atoms with Crippen molar-refractivity contribution >= 4 is 35.6 Å². The zero-order chi connectivity index (χ0) is 24.3. The first-order chi connectivity index (χ1) is 14.3. The summed E-state index contributed by atoms with van der Waals surface area (Å²) < 4.78 is 0. The van der Waals surface area contributed by atoms with Gasteiger partial charge in [-0.1, -0.05) is 0 Å². The molecular weight excluding hydrogens is 422 g/mol. The van der Waals surface area contributed by atoms with Crippen LogP contribution in [0.3, 0.4) is 0 Å². The van der Waals surface area contributed by atoms with E-state index in [-0.39, 0.29) is 0 Å². The fourth-order valence-corrected chi connectivity index (χ4v) is 2.23. The van der Waals surface area contributed by atoms with E-state index in [1.54, 1.807) is 0 Å². The van der Waals surface area contributed by atoms with Gasteiger partial charge in [0.1, 0.15) is 12.1 Å². The molecule has 0 saturated carbocycles. The number of carboxylic acid groups (broad SMARTS) is 2. The van der Waals surface area contributed by atoms with Crippen LogP contribution in [0.2, 0.25) is 0 Å². The van der Waals surface area contributed by atoms with Crippen LogP contribution in [0, 0.1) is 0 Å². The van der Waals surface area contributed by atoms with E-state index >= 15 is 0 Å². The van der Waals surface area contributed by atoms with E-state index in [1.807, 2.05) is 10.6 Å². The normalized spacial score (nSPS) is 15.5. The lowest BCUT2D eigenvalue weighted by Crippen LogP contribution is -2.59. The van der Waals surface area contributed by atoms with Crippen molar-refractivity contribution in [1.82, 2.24) is 16.0 Å². The van der Waals surface area contributed by atoms with Gasteiger partial charge >= 0.3 is 11.9 Å². The van der Waals surface area contributed by atoms with E-state index in [9.17, 15) is 39.0 Å². The largest absolute Gasteiger partial charge is 0.481 e. The first kappa shape index (κ1) is 27.7. The quantitative estimate of drug-likeness (QED) is 0.121. The van der Waals surface area contributed by atoms with Crippen molar-refractivity contribution in [1.29, 1.82) is 0 Å². The van der Waals surface area contributed by atoms with Crippen LogP contribution in [0.25, 0.3) is 0 Å². The van der Waals surface area contributed by atoms with Crippen LogP contribution in [-0.4, -0.2) is 92.9 Å². The lowest BCUT2D eigenvalue weighted by Gasteiger charge is -2.24. The van der Waals surface area contributed by atoms with E-state index in [1.165, 1.54) is 0 Å². The number of hydrogen-bond acceptors (Lipinski definition) is 9. The van der Waals surface area contributed by atoms with Crippen molar-refractivity contribution in [3.63, 3.8) is 0 Å². The average Bonchev–Trinajstić information content (AvgIpc) is 2.65. The van der Waals surface area contributed by atoms with E-state index in [4.69, 9.17) is 21.7 Å². The van der Waals surface area contributed by atoms with E-state index in [0.717, 1.165) is 6.92 Å². The topological polar surface area (TPSA) is 271 Å². The van der Waals surface area contributed by atoms with Gasteiger partial charge in [0.05, 0.1) is 25.2 Å². The Kier molecular flexibility index (Phi) is 11.7. The molecule has 31 heavy (non-hydrogen) atoms. The second-order valence-electron chi connectivity index (χ2n) is 6.58. The zero-order valence-electron chi connectivity index (χ0n) is 16.6. The lowest BCUT2D eigenvalue weighted by atomic mass is 10.1. The number of rotatable bonds is 14. The molecule has 0 spiro atoms. The Hall–Kier alpha value is -3.30. The molecular formula is C16H27N5O10. The number of nitrogens with one attached hydrogen (secondary N) is 3. The second kappa shape index (κ2) is 13.1. The van der Waals surface area contributed by atoms with E-state index < -0.39 is 91.7 Å². The molecule has 0 aromatic carbocycles. The van der Waals surface area contributed by atoms with Crippen molar-refractivity contribution in [2.24, 2.45) is 11.5 Å². The Morgan fingerprint density at radius 2 is 1.42 bits per heavy atom. The zero-order valence-corrected chi connectivity index (χ0v) is 16.6. The molecule has 15 nitrogen and oxygen atoms in total. The Labute approximate surface area is 176 Å². The standard InChI is InChI=1S/C16H27N5O10/c1-6(23)12(16(30)31)21-15(29)9(5-22)20-14(28)8(2-3-11(25)26)19-13(27)7(17)4-10(18)24/h6-9,12,22-23H,2-5,17H2,1H3,(H2,18,24)(H,19,27)(H,20,28)(H,21,29)(H,25,26)(H,30,31). The third kappa shape index (κ3) is 10.3. The van der Waals surface area contributed by atoms with Crippen LogP contribution in [0.15, 0.2) is 0 Å². The van der Waals surface area contributed by atoms with E-state index in [0.29, 0.717) is 0 Å². The molecule has 5 unspecified atom stereocenters. The maximum absolute atomic E-state index is 12.5. The van der Waals surface area contributed by atoms with Gasteiger partial charge in [0.15, 0.2) is 6.04 Å². The predicted octanol–water partition coefficient (Wildman–Crippen LogP) is -5.03. The third-order valence-corrected chi connectivity index (χ3v) is 3.90. The molecule has 15 heteroatoms. The molecule has 0 aromatic rings. The summed E-state index contributed by atoms with van der Waals surface area (Å²) >= 11 is 0. The molecule has 0 aliphatic carbocycles. The van der Waals surface area contributed by atoms with Crippen molar-refractivity contribution in [2.75, 3.05) is 6.61 Å². The van der Waals surface area contributed by atoms with Crippen molar-refractivity contribution in [2.45, 2.75) is 56.5 Å². The number of carbonyl (C=O) groups is 6. The molecule has 5 atom stereocenters. The van der Waals surface area contributed by atoms with Gasteiger partial charge in [0.2, 0.25) is 23.6 Å². The Bertz CT molecular complexity index is 698. The van der Waals surface area contributed by atoms with Gasteiger partial charge in [-0.3, -0.25) is 24.0 Å². The number of carboxylic acids is 2. The number of nitrogens with two attached hydrogens (primary N) is 2. The van der Waals surface area contributed by atoms with Gasteiger partial charge in [-0.25, -0.2) is 4.79 Å². The summed E-state index contributed by atoms with van der Waals surface area (Å²) in [5, 5.41) is 42.7. The van der Waals surface area contributed by atoms with Gasteiger partial charge in [-0.15, -0.1) is 0 Å². The molecule has 11 N–H and O–H groups in total. The number of carbonyl (C=O) groups excluding carboxylic acids is 4. The summed E-state index contributed by atoms with van der Waals surface area (Å²) in [5.41, 5.74) is 10.4. The summed E-state index contributed by atoms with van der Waals surface area (Å²) in [5.74, 6) is -6.99. The lowest BCUT2D eigenvalue weighted by molar-refractivity contribution is -0.145. The highest BCUT2D eigenvalue weighted by Gasteiger charge is 2.31. The summed E-state index contributed by atoms with van der Waals surface area (Å²) in [6.45, 7) is 0.114. The fourth-order valence-electron chi connectivity index (χ4n) is 2.23. The van der Waals surface area contributed by atoms with Crippen LogP contribution >= 0.6 is 0 Å². The minimum absolute atomic E-state index is 0.429. The minimum Gasteiger partial charge on any atom is -0.481 e. The smallest absolute Gasteiger partial charge is 0.328 e. The first-order valence-electron chi connectivity index (χ1n) is 8.98. The Balaban J connectivity index is 5.32. The van der Waals surface area contributed by atoms with Crippen molar-refractivity contribution in [3.05, 3.63) is 0 Å². The number of aliphatic hydroxyl groups is 2. The van der Waals surface area contributed by atoms with Gasteiger partial charge in [-0.2, -0.15) is 0 Å². The maximum atomic E-state index is 12.5. The average molecular weight is 449 g/mol. The second-order valence-corrected chi connectivity index (χ2v) is 6.58. The molecule has 0 bridgehead atoms. The number of aliphatic carboxylic acids is 2. The monoisotopic (exact) mass is 449 g/mol. The van der Waals surface area contributed by atoms with Crippen LogP contribution < -0.4 is 27.4 Å². The number of primary amides is 1. The SMILES string of the molecule is CC(O)C(NC(=O)C(CO)NC(=O)C(CCC(=O)O)NC(=O)C(N)CC(N)=O)C(=O)O. The maximum Gasteiger partial charge on any atom is 0.328 e.